The van der Waals surface area contributed by atoms with Gasteiger partial charge in [0, 0.05) is 7.05 Å². The number of rotatable bonds is 4. The Morgan fingerprint density at radius 1 is 1.18 bits per heavy atom. The minimum atomic E-state index is -0.309. The minimum Gasteiger partial charge on any atom is -0.359 e. The van der Waals surface area contributed by atoms with Crippen LogP contribution in [0, 0.1) is 5.41 Å². The van der Waals surface area contributed by atoms with E-state index in [-0.39, 0.29) is 11.3 Å². The predicted octanol–water partition coefficient (Wildman–Crippen LogP) is 2.58. The first kappa shape index (κ1) is 15.0. The van der Waals surface area contributed by atoms with Crippen molar-refractivity contribution in [1.82, 2.24) is 5.32 Å². The molecule has 1 atom stereocenters. The smallest absolute Gasteiger partial charge is 0.226 e. The zero-order valence-electron chi connectivity index (χ0n) is 13.4. The van der Waals surface area contributed by atoms with Crippen LogP contribution in [0.15, 0.2) is 30.3 Å². The zero-order valence-corrected chi connectivity index (χ0v) is 13.4. The molecule has 2 aromatic rings. The van der Waals surface area contributed by atoms with E-state index in [1.165, 1.54) is 27.5 Å². The molecule has 3 nitrogen and oxygen atoms in total. The first-order valence-corrected chi connectivity index (χ1v) is 8.02. The van der Waals surface area contributed by atoms with Gasteiger partial charge in [-0.25, -0.2) is 0 Å². The van der Waals surface area contributed by atoms with Gasteiger partial charge in [0.25, 0.3) is 0 Å². The number of hydrogen-bond donors (Lipinski definition) is 2. The summed E-state index contributed by atoms with van der Waals surface area (Å²) in [6, 6.07) is 11.2. The number of carbonyl (C=O) groups excluding carboxylic acids is 1. The normalized spacial score (nSPS) is 20.1. The summed E-state index contributed by atoms with van der Waals surface area (Å²) in [6.07, 6.45) is 3.70. The van der Waals surface area contributed by atoms with Gasteiger partial charge in [0.15, 0.2) is 0 Å². The summed E-state index contributed by atoms with van der Waals surface area (Å²) in [5, 5.41) is 5.34. The van der Waals surface area contributed by atoms with Crippen molar-refractivity contribution < 1.29 is 4.79 Å². The number of benzene rings is 2. The van der Waals surface area contributed by atoms with E-state index in [9.17, 15) is 4.79 Å². The molecular weight excluding hydrogens is 272 g/mol. The first-order valence-electron chi connectivity index (χ1n) is 8.02. The molecule has 0 heterocycles. The summed E-state index contributed by atoms with van der Waals surface area (Å²) in [5.41, 5.74) is 9.25. The molecule has 1 aliphatic rings. The third-order valence-corrected chi connectivity index (χ3v) is 4.83. The number of nitrogens with two attached hydrogens (primary N) is 1. The van der Waals surface area contributed by atoms with Gasteiger partial charge in [-0.2, -0.15) is 0 Å². The predicted molar refractivity (Wildman–Crippen MR) is 90.9 cm³/mol. The fraction of sp³-hybridized carbons (Fsp3) is 0.421. The third-order valence-electron chi connectivity index (χ3n) is 4.83. The summed E-state index contributed by atoms with van der Waals surface area (Å²) in [6.45, 7) is 2.79. The molecule has 3 N–H and O–H groups in total. The maximum Gasteiger partial charge on any atom is 0.226 e. The lowest BCUT2D eigenvalue weighted by atomic mass is 9.86. The molecule has 116 valence electrons. The van der Waals surface area contributed by atoms with E-state index in [2.05, 4.69) is 42.6 Å². The Morgan fingerprint density at radius 2 is 1.86 bits per heavy atom. The fourth-order valence-corrected chi connectivity index (χ4v) is 3.60. The van der Waals surface area contributed by atoms with E-state index in [1.807, 2.05) is 0 Å². The Bertz CT molecular complexity index is 723. The molecule has 22 heavy (non-hydrogen) atoms. The van der Waals surface area contributed by atoms with Crippen LogP contribution in [0.1, 0.15) is 30.0 Å². The molecule has 0 saturated heterocycles. The number of hydrogen-bond acceptors (Lipinski definition) is 2. The summed E-state index contributed by atoms with van der Waals surface area (Å²) in [7, 11) is 1.72. The molecular formula is C19H24N2O. The number of aryl methyl sites for hydroxylation is 1. The van der Waals surface area contributed by atoms with Crippen molar-refractivity contribution in [3.05, 3.63) is 47.0 Å². The molecule has 0 fully saturated rings. The highest BCUT2D eigenvalue weighted by Crippen LogP contribution is 2.39. The Morgan fingerprint density at radius 3 is 2.50 bits per heavy atom. The molecule has 2 aromatic carbocycles. The quantitative estimate of drug-likeness (QED) is 0.911. The van der Waals surface area contributed by atoms with Crippen LogP contribution in [0.3, 0.4) is 0 Å². The van der Waals surface area contributed by atoms with Gasteiger partial charge in [0.2, 0.25) is 5.91 Å². The van der Waals surface area contributed by atoms with Gasteiger partial charge < -0.3 is 11.1 Å². The average Bonchev–Trinajstić information content (AvgIpc) is 2.85. The summed E-state index contributed by atoms with van der Waals surface area (Å²) < 4.78 is 0. The number of carbonyl (C=O) groups is 1. The molecule has 1 unspecified atom stereocenters. The van der Waals surface area contributed by atoms with Crippen molar-refractivity contribution in [3.63, 3.8) is 0 Å². The lowest BCUT2D eigenvalue weighted by Crippen LogP contribution is -2.37. The van der Waals surface area contributed by atoms with Gasteiger partial charge in [-0.05, 0) is 59.7 Å². The maximum atomic E-state index is 12.1. The molecule has 0 aliphatic heterocycles. The SMILES string of the molecule is CNC(=O)C1(C)Cc2cc3ccc(CCCN)cc3cc2C1. The summed E-state index contributed by atoms with van der Waals surface area (Å²) >= 11 is 0. The lowest BCUT2D eigenvalue weighted by Gasteiger charge is -2.20. The monoisotopic (exact) mass is 296 g/mol. The van der Waals surface area contributed by atoms with Crippen LogP contribution in [-0.4, -0.2) is 19.5 Å². The van der Waals surface area contributed by atoms with Crippen molar-refractivity contribution in [2.75, 3.05) is 13.6 Å². The van der Waals surface area contributed by atoms with Crippen LogP contribution in [0.5, 0.6) is 0 Å². The number of amides is 1. The molecule has 3 rings (SSSR count). The van der Waals surface area contributed by atoms with Crippen LogP contribution in [0.4, 0.5) is 0 Å². The lowest BCUT2D eigenvalue weighted by molar-refractivity contribution is -0.129. The van der Waals surface area contributed by atoms with E-state index >= 15 is 0 Å². The van der Waals surface area contributed by atoms with Gasteiger partial charge in [-0.3, -0.25) is 4.79 Å². The first-order chi connectivity index (χ1) is 10.6. The topological polar surface area (TPSA) is 55.1 Å². The molecule has 0 aromatic heterocycles. The average molecular weight is 296 g/mol. The maximum absolute atomic E-state index is 12.1. The van der Waals surface area contributed by atoms with Crippen LogP contribution in [0.25, 0.3) is 10.8 Å². The standard InChI is InChI=1S/C19H24N2O/c1-19(18(22)21-2)11-16-9-14-6-5-13(4-3-7-20)8-15(14)10-17(16)12-19/h5-6,8-10H,3-4,7,11-12,20H2,1-2H3,(H,21,22). The van der Waals surface area contributed by atoms with Crippen molar-refractivity contribution in [2.24, 2.45) is 11.1 Å². The van der Waals surface area contributed by atoms with Gasteiger partial charge in [0.1, 0.15) is 0 Å². The van der Waals surface area contributed by atoms with Gasteiger partial charge >= 0.3 is 0 Å². The largest absolute Gasteiger partial charge is 0.359 e. The second-order valence-corrected chi connectivity index (χ2v) is 6.69. The van der Waals surface area contributed by atoms with E-state index in [0.717, 1.165) is 32.2 Å². The van der Waals surface area contributed by atoms with Crippen molar-refractivity contribution >= 4 is 16.7 Å². The molecule has 3 heteroatoms. The number of fused-ring (bicyclic) bond motifs is 2. The van der Waals surface area contributed by atoms with Gasteiger partial charge in [0.05, 0.1) is 5.41 Å². The highest BCUT2D eigenvalue weighted by atomic mass is 16.2. The molecule has 1 amide bonds. The second-order valence-electron chi connectivity index (χ2n) is 6.69. The second kappa shape index (κ2) is 5.73. The van der Waals surface area contributed by atoms with Crippen molar-refractivity contribution in [3.8, 4) is 0 Å². The van der Waals surface area contributed by atoms with Crippen molar-refractivity contribution in [1.29, 1.82) is 0 Å². The third kappa shape index (κ3) is 2.61. The van der Waals surface area contributed by atoms with E-state index in [4.69, 9.17) is 5.73 Å². The van der Waals surface area contributed by atoms with Crippen LogP contribution < -0.4 is 11.1 Å². The minimum absolute atomic E-state index is 0.136. The van der Waals surface area contributed by atoms with E-state index in [0.29, 0.717) is 0 Å². The van der Waals surface area contributed by atoms with Gasteiger partial charge in [-0.1, -0.05) is 37.3 Å². The Labute approximate surface area is 131 Å². The summed E-state index contributed by atoms with van der Waals surface area (Å²) in [4.78, 5) is 12.1. The highest BCUT2D eigenvalue weighted by Gasteiger charge is 2.38. The van der Waals surface area contributed by atoms with Crippen LogP contribution in [0.2, 0.25) is 0 Å². The van der Waals surface area contributed by atoms with Crippen LogP contribution in [-0.2, 0) is 24.1 Å². The van der Waals surface area contributed by atoms with Gasteiger partial charge in [-0.15, -0.1) is 0 Å². The Balaban J connectivity index is 1.95. The highest BCUT2D eigenvalue weighted by molar-refractivity contribution is 5.88. The molecule has 1 aliphatic carbocycles. The number of nitrogens with one attached hydrogen (secondary N) is 1. The van der Waals surface area contributed by atoms with Crippen LogP contribution >= 0.6 is 0 Å². The zero-order chi connectivity index (χ0) is 15.7. The molecule has 0 spiro atoms. The Kier molecular flexibility index (Phi) is 3.92. The van der Waals surface area contributed by atoms with E-state index in [1.54, 1.807) is 7.05 Å². The van der Waals surface area contributed by atoms with Crippen molar-refractivity contribution in [2.45, 2.75) is 32.6 Å². The Hall–Kier alpha value is -1.87. The fourth-order valence-electron chi connectivity index (χ4n) is 3.60. The van der Waals surface area contributed by atoms with E-state index < -0.39 is 0 Å². The molecule has 0 bridgehead atoms. The molecule has 0 radical (unpaired) electrons. The summed E-state index contributed by atoms with van der Waals surface area (Å²) in [5.74, 6) is 0.136. The molecule has 0 saturated carbocycles.